The van der Waals surface area contributed by atoms with Gasteiger partial charge < -0.3 is 0 Å². The molecular formula is C21H13Cl2F3N2O3S2. The van der Waals surface area contributed by atoms with E-state index in [4.69, 9.17) is 23.2 Å². The van der Waals surface area contributed by atoms with Gasteiger partial charge in [0.05, 0.1) is 32.2 Å². The third-order valence-electron chi connectivity index (χ3n) is 4.76. The van der Waals surface area contributed by atoms with Crippen molar-refractivity contribution < 1.29 is 21.6 Å². The van der Waals surface area contributed by atoms with E-state index in [1.54, 1.807) is 24.3 Å². The largest absolute Gasteiger partial charge is 0.417 e. The van der Waals surface area contributed by atoms with Crippen LogP contribution < -0.4 is 9.60 Å². The van der Waals surface area contributed by atoms with Crippen LogP contribution in [0.3, 0.4) is 0 Å². The van der Waals surface area contributed by atoms with Crippen LogP contribution in [0.2, 0.25) is 10.0 Å². The molecule has 0 bridgehead atoms. The Bertz CT molecular complexity index is 1530. The van der Waals surface area contributed by atoms with Gasteiger partial charge >= 0.3 is 11.0 Å². The van der Waals surface area contributed by atoms with Crippen molar-refractivity contribution in [3.63, 3.8) is 0 Å². The van der Waals surface area contributed by atoms with E-state index in [0.29, 0.717) is 21.3 Å². The Balaban J connectivity index is 1.68. The number of aromatic nitrogens is 1. The highest BCUT2D eigenvalue weighted by molar-refractivity contribution is 7.92. The van der Waals surface area contributed by atoms with Crippen molar-refractivity contribution in [2.75, 3.05) is 4.72 Å². The molecule has 0 atom stereocenters. The number of thiazole rings is 1. The number of nitrogens with one attached hydrogen (secondary N) is 1. The quantitative estimate of drug-likeness (QED) is 0.331. The number of sulfonamides is 1. The second-order valence-corrected chi connectivity index (χ2v) is 10.5. The van der Waals surface area contributed by atoms with Crippen molar-refractivity contribution in [2.24, 2.45) is 0 Å². The molecule has 5 nitrogen and oxygen atoms in total. The highest BCUT2D eigenvalue weighted by Gasteiger charge is 2.33. The zero-order valence-electron chi connectivity index (χ0n) is 16.4. The zero-order chi connectivity index (χ0) is 24.0. The lowest BCUT2D eigenvalue weighted by molar-refractivity contribution is -0.137. The first-order valence-electron chi connectivity index (χ1n) is 9.22. The first-order chi connectivity index (χ1) is 15.5. The fourth-order valence-electron chi connectivity index (χ4n) is 3.18. The van der Waals surface area contributed by atoms with Crippen molar-refractivity contribution in [3.8, 4) is 0 Å². The Morgan fingerprint density at radius 2 is 1.70 bits per heavy atom. The Labute approximate surface area is 200 Å². The van der Waals surface area contributed by atoms with Crippen LogP contribution in [0.15, 0.2) is 70.4 Å². The second kappa shape index (κ2) is 8.68. The summed E-state index contributed by atoms with van der Waals surface area (Å²) in [5.74, 6) is 0. The van der Waals surface area contributed by atoms with Gasteiger partial charge in [0.2, 0.25) is 0 Å². The molecule has 3 aromatic carbocycles. The number of nitrogens with zero attached hydrogens (tertiary/aromatic N) is 1. The summed E-state index contributed by atoms with van der Waals surface area (Å²) in [6.07, 6.45) is -4.74. The molecule has 12 heteroatoms. The summed E-state index contributed by atoms with van der Waals surface area (Å²) in [6, 6.07) is 13.8. The Morgan fingerprint density at radius 1 is 0.970 bits per heavy atom. The maximum Gasteiger partial charge on any atom is 0.417 e. The molecule has 4 aromatic rings. The fraction of sp³-hybridized carbons (Fsp3) is 0.0952. The van der Waals surface area contributed by atoms with Crippen LogP contribution >= 0.6 is 34.5 Å². The topological polar surface area (TPSA) is 68.2 Å². The van der Waals surface area contributed by atoms with Gasteiger partial charge in [-0.05, 0) is 48.0 Å². The van der Waals surface area contributed by atoms with Gasteiger partial charge in [-0.25, -0.2) is 8.42 Å². The molecule has 0 saturated carbocycles. The normalized spacial score (nSPS) is 12.3. The standard InChI is InChI=1S/C21H13Cl2F3N2O3S2/c22-16-4-2-1-3-12(16)11-28-18-8-6-14(10-19(18)32-20(28)29)33(30,31)27-13-5-7-17(23)15(9-13)21(24,25)26/h1-10,27H,11H2. The highest BCUT2D eigenvalue weighted by atomic mass is 35.5. The summed E-state index contributed by atoms with van der Waals surface area (Å²) < 4.78 is 68.8. The average Bonchev–Trinajstić information content (AvgIpc) is 3.04. The van der Waals surface area contributed by atoms with E-state index >= 15 is 0 Å². The Hall–Kier alpha value is -2.53. The highest BCUT2D eigenvalue weighted by Crippen LogP contribution is 2.36. The van der Waals surface area contributed by atoms with Gasteiger partial charge in [-0.3, -0.25) is 14.1 Å². The molecule has 0 amide bonds. The molecule has 33 heavy (non-hydrogen) atoms. The molecule has 1 N–H and O–H groups in total. The number of rotatable bonds is 5. The molecule has 0 radical (unpaired) electrons. The average molecular weight is 533 g/mol. The molecule has 4 rings (SSSR count). The maximum absolute atomic E-state index is 13.1. The smallest absolute Gasteiger partial charge is 0.294 e. The van der Waals surface area contributed by atoms with Gasteiger partial charge in [0.1, 0.15) is 0 Å². The van der Waals surface area contributed by atoms with Crippen LogP contribution in [0.5, 0.6) is 0 Å². The fourth-order valence-corrected chi connectivity index (χ4v) is 5.68. The van der Waals surface area contributed by atoms with E-state index in [0.717, 1.165) is 29.0 Å². The van der Waals surface area contributed by atoms with Crippen LogP contribution in [0.4, 0.5) is 18.9 Å². The van der Waals surface area contributed by atoms with Crippen LogP contribution in [0.25, 0.3) is 10.2 Å². The van der Waals surface area contributed by atoms with Crippen LogP contribution in [0, 0.1) is 0 Å². The zero-order valence-corrected chi connectivity index (χ0v) is 19.5. The molecule has 0 saturated heterocycles. The summed E-state index contributed by atoms with van der Waals surface area (Å²) in [6.45, 7) is 0.202. The van der Waals surface area contributed by atoms with E-state index in [1.165, 1.54) is 22.8 Å². The lowest BCUT2D eigenvalue weighted by Gasteiger charge is -2.13. The summed E-state index contributed by atoms with van der Waals surface area (Å²) in [5.41, 5.74) is -0.219. The molecule has 1 heterocycles. The summed E-state index contributed by atoms with van der Waals surface area (Å²) in [5, 5.41) is -0.0511. The molecule has 0 fully saturated rings. The van der Waals surface area contributed by atoms with E-state index in [-0.39, 0.29) is 22.0 Å². The lowest BCUT2D eigenvalue weighted by Crippen LogP contribution is -2.15. The van der Waals surface area contributed by atoms with E-state index in [9.17, 15) is 26.4 Å². The van der Waals surface area contributed by atoms with Gasteiger partial charge in [0, 0.05) is 10.7 Å². The minimum absolute atomic E-state index is 0.202. The molecule has 0 aliphatic heterocycles. The number of anilines is 1. The van der Waals surface area contributed by atoms with Gasteiger partial charge in [0.15, 0.2) is 0 Å². The molecule has 0 aliphatic rings. The number of benzene rings is 3. The predicted octanol–water partition coefficient (Wildman–Crippen LogP) is 6.24. The molecular weight excluding hydrogens is 520 g/mol. The lowest BCUT2D eigenvalue weighted by atomic mass is 10.2. The third kappa shape index (κ3) is 4.89. The van der Waals surface area contributed by atoms with Gasteiger partial charge in [-0.2, -0.15) is 13.2 Å². The van der Waals surface area contributed by atoms with Crippen molar-refractivity contribution >= 4 is 60.5 Å². The minimum Gasteiger partial charge on any atom is -0.294 e. The number of fused-ring (bicyclic) bond motifs is 1. The van der Waals surface area contributed by atoms with Crippen molar-refractivity contribution in [1.82, 2.24) is 4.57 Å². The molecule has 1 aromatic heterocycles. The van der Waals surface area contributed by atoms with Crippen LogP contribution in [0.1, 0.15) is 11.1 Å². The van der Waals surface area contributed by atoms with Crippen molar-refractivity contribution in [1.29, 1.82) is 0 Å². The van der Waals surface area contributed by atoms with Gasteiger partial charge in [-0.1, -0.05) is 52.7 Å². The van der Waals surface area contributed by atoms with E-state index in [2.05, 4.69) is 4.72 Å². The predicted molar refractivity (Wildman–Crippen MR) is 124 cm³/mol. The van der Waals surface area contributed by atoms with Crippen LogP contribution in [-0.2, 0) is 22.7 Å². The summed E-state index contributed by atoms with van der Waals surface area (Å²) in [4.78, 5) is 12.0. The Morgan fingerprint density at radius 3 is 2.39 bits per heavy atom. The van der Waals surface area contributed by atoms with Gasteiger partial charge in [0.25, 0.3) is 10.0 Å². The third-order valence-corrected chi connectivity index (χ3v) is 7.78. The van der Waals surface area contributed by atoms with E-state index < -0.39 is 26.8 Å². The summed E-state index contributed by atoms with van der Waals surface area (Å²) >= 11 is 12.6. The number of hydrogen-bond acceptors (Lipinski definition) is 4. The second-order valence-electron chi connectivity index (χ2n) is 6.97. The number of alkyl halides is 3. The van der Waals surface area contributed by atoms with Crippen molar-refractivity contribution in [3.05, 3.63) is 91.5 Å². The molecule has 0 spiro atoms. The van der Waals surface area contributed by atoms with Gasteiger partial charge in [-0.15, -0.1) is 0 Å². The number of hydrogen-bond donors (Lipinski definition) is 1. The van der Waals surface area contributed by atoms with Crippen molar-refractivity contribution in [2.45, 2.75) is 17.6 Å². The Kier molecular flexibility index (Phi) is 6.21. The maximum atomic E-state index is 13.1. The van der Waals surface area contributed by atoms with E-state index in [1.807, 2.05) is 0 Å². The first kappa shape index (κ1) is 23.6. The molecule has 0 unspecified atom stereocenters. The number of halogens is 5. The summed E-state index contributed by atoms with van der Waals surface area (Å²) in [7, 11) is -4.24. The minimum atomic E-state index is -4.74. The molecule has 0 aliphatic carbocycles. The SMILES string of the molecule is O=c1sc2cc(S(=O)(=O)Nc3ccc(Cl)c(C(F)(F)F)c3)ccc2n1Cc1ccccc1Cl. The van der Waals surface area contributed by atoms with Crippen LogP contribution in [-0.4, -0.2) is 13.0 Å². The monoisotopic (exact) mass is 532 g/mol. The first-order valence-corrected chi connectivity index (χ1v) is 12.3. The molecule has 172 valence electrons.